The molecule has 0 bridgehead atoms. The van der Waals surface area contributed by atoms with Gasteiger partial charge < -0.3 is 10.2 Å². The summed E-state index contributed by atoms with van der Waals surface area (Å²) < 4.78 is 0. The number of halogens is 1. The van der Waals surface area contributed by atoms with E-state index in [2.05, 4.69) is 20.2 Å². The van der Waals surface area contributed by atoms with Crippen molar-refractivity contribution in [3.63, 3.8) is 0 Å². The number of anilines is 1. The molecule has 1 heterocycles. The molecule has 0 spiro atoms. The van der Waals surface area contributed by atoms with Gasteiger partial charge in [0.2, 0.25) is 5.95 Å². The third kappa shape index (κ3) is 4.24. The van der Waals surface area contributed by atoms with Gasteiger partial charge in [-0.1, -0.05) is 11.6 Å². The van der Waals surface area contributed by atoms with Crippen LogP contribution in [0.1, 0.15) is 0 Å². The first-order chi connectivity index (χ1) is 7.13. The number of rotatable bonds is 5. The van der Waals surface area contributed by atoms with Crippen molar-refractivity contribution in [3.8, 4) is 0 Å². The summed E-state index contributed by atoms with van der Waals surface area (Å²) in [6.07, 6.45) is 1.62. The van der Waals surface area contributed by atoms with Gasteiger partial charge in [0.1, 0.15) is 5.03 Å². The Balaban J connectivity index is 2.59. The highest BCUT2D eigenvalue weighted by molar-refractivity contribution is 7.99. The molecular weight excluding hydrogens is 232 g/mol. The largest absolute Gasteiger partial charge is 0.357 e. The standard InChI is InChI=1S/C9H15ClN4S/c1-11-9-12-6-7(10)8(13-9)15-5-4-14(2)3/h6H,4-5H2,1-3H3,(H,11,12,13). The summed E-state index contributed by atoms with van der Waals surface area (Å²) in [7, 11) is 5.87. The van der Waals surface area contributed by atoms with Gasteiger partial charge in [0.25, 0.3) is 0 Å². The van der Waals surface area contributed by atoms with E-state index in [-0.39, 0.29) is 0 Å². The third-order valence-corrected chi connectivity index (χ3v) is 3.07. The van der Waals surface area contributed by atoms with Gasteiger partial charge in [-0.05, 0) is 14.1 Å². The first-order valence-corrected chi connectivity index (χ1v) is 5.97. The molecule has 6 heteroatoms. The second-order valence-corrected chi connectivity index (χ2v) is 4.74. The number of hydrogen-bond acceptors (Lipinski definition) is 5. The molecule has 0 atom stereocenters. The quantitative estimate of drug-likeness (QED) is 0.634. The predicted molar refractivity (Wildman–Crippen MR) is 65.9 cm³/mol. The molecule has 0 saturated heterocycles. The first kappa shape index (κ1) is 12.5. The molecule has 1 rings (SSSR count). The van der Waals surface area contributed by atoms with E-state index in [9.17, 15) is 0 Å². The van der Waals surface area contributed by atoms with Gasteiger partial charge in [-0.15, -0.1) is 11.8 Å². The van der Waals surface area contributed by atoms with Gasteiger partial charge in [-0.25, -0.2) is 9.97 Å². The zero-order valence-electron chi connectivity index (χ0n) is 9.12. The Hall–Kier alpha value is -0.520. The summed E-state index contributed by atoms with van der Waals surface area (Å²) in [5.41, 5.74) is 0. The van der Waals surface area contributed by atoms with Crippen LogP contribution in [0, 0.1) is 0 Å². The van der Waals surface area contributed by atoms with Crippen molar-refractivity contribution < 1.29 is 0 Å². The van der Waals surface area contributed by atoms with Crippen LogP contribution >= 0.6 is 23.4 Å². The fraction of sp³-hybridized carbons (Fsp3) is 0.556. The van der Waals surface area contributed by atoms with Gasteiger partial charge in [0, 0.05) is 19.3 Å². The number of nitrogens with zero attached hydrogens (tertiary/aromatic N) is 3. The zero-order valence-corrected chi connectivity index (χ0v) is 10.7. The van der Waals surface area contributed by atoms with Crippen molar-refractivity contribution in [1.82, 2.24) is 14.9 Å². The topological polar surface area (TPSA) is 41.1 Å². The average molecular weight is 247 g/mol. The number of nitrogens with one attached hydrogen (secondary N) is 1. The van der Waals surface area contributed by atoms with Gasteiger partial charge >= 0.3 is 0 Å². The second-order valence-electron chi connectivity index (χ2n) is 3.25. The summed E-state index contributed by atoms with van der Waals surface area (Å²) in [6, 6.07) is 0. The maximum atomic E-state index is 5.98. The lowest BCUT2D eigenvalue weighted by Crippen LogP contribution is -2.14. The molecular formula is C9H15ClN4S. The van der Waals surface area contributed by atoms with Crippen molar-refractivity contribution in [3.05, 3.63) is 11.2 Å². The van der Waals surface area contributed by atoms with E-state index in [4.69, 9.17) is 11.6 Å². The Morgan fingerprint density at radius 1 is 1.53 bits per heavy atom. The fourth-order valence-corrected chi connectivity index (χ4v) is 2.14. The molecule has 0 radical (unpaired) electrons. The molecule has 0 aliphatic carbocycles. The Morgan fingerprint density at radius 3 is 2.87 bits per heavy atom. The smallest absolute Gasteiger partial charge is 0.223 e. The molecule has 15 heavy (non-hydrogen) atoms. The van der Waals surface area contributed by atoms with Crippen LogP contribution in [-0.2, 0) is 0 Å². The molecule has 4 nitrogen and oxygen atoms in total. The van der Waals surface area contributed by atoms with Crippen molar-refractivity contribution in [2.45, 2.75) is 5.03 Å². The van der Waals surface area contributed by atoms with E-state index in [0.717, 1.165) is 17.3 Å². The predicted octanol–water partition coefficient (Wildman–Crippen LogP) is 1.83. The molecule has 84 valence electrons. The summed E-state index contributed by atoms with van der Waals surface area (Å²) in [6.45, 7) is 1.000. The Labute approximate surface area is 99.4 Å². The van der Waals surface area contributed by atoms with E-state index in [0.29, 0.717) is 11.0 Å². The number of hydrogen-bond donors (Lipinski definition) is 1. The summed E-state index contributed by atoms with van der Waals surface area (Å²) in [5, 5.41) is 4.33. The summed E-state index contributed by atoms with van der Waals surface area (Å²) >= 11 is 7.62. The summed E-state index contributed by atoms with van der Waals surface area (Å²) in [5.74, 6) is 1.57. The minimum atomic E-state index is 0.603. The molecule has 0 fully saturated rings. The molecule has 1 aromatic heterocycles. The Kier molecular flexibility index (Phi) is 5.14. The average Bonchev–Trinajstić information content (AvgIpc) is 2.20. The second kappa shape index (κ2) is 6.15. The maximum absolute atomic E-state index is 5.98. The highest BCUT2D eigenvalue weighted by atomic mass is 35.5. The maximum Gasteiger partial charge on any atom is 0.223 e. The SMILES string of the molecule is CNc1ncc(Cl)c(SCCN(C)C)n1. The highest BCUT2D eigenvalue weighted by Gasteiger charge is 2.05. The van der Waals surface area contributed by atoms with Crippen LogP contribution in [-0.4, -0.2) is 48.3 Å². The minimum absolute atomic E-state index is 0.603. The normalized spacial score (nSPS) is 10.7. The van der Waals surface area contributed by atoms with E-state index in [1.165, 1.54) is 0 Å². The Morgan fingerprint density at radius 2 is 2.27 bits per heavy atom. The van der Waals surface area contributed by atoms with E-state index >= 15 is 0 Å². The molecule has 0 aromatic carbocycles. The van der Waals surface area contributed by atoms with Crippen molar-refractivity contribution in [2.75, 3.05) is 38.8 Å². The summed E-state index contributed by atoms with van der Waals surface area (Å²) in [4.78, 5) is 10.4. The minimum Gasteiger partial charge on any atom is -0.357 e. The fourth-order valence-electron chi connectivity index (χ4n) is 0.898. The number of thioether (sulfide) groups is 1. The van der Waals surface area contributed by atoms with Crippen LogP contribution in [0.15, 0.2) is 11.2 Å². The lowest BCUT2D eigenvalue weighted by molar-refractivity contribution is 0.437. The van der Waals surface area contributed by atoms with Gasteiger partial charge in [0.15, 0.2) is 0 Å². The first-order valence-electron chi connectivity index (χ1n) is 4.61. The van der Waals surface area contributed by atoms with Crippen molar-refractivity contribution in [1.29, 1.82) is 0 Å². The van der Waals surface area contributed by atoms with Crippen LogP contribution in [0.2, 0.25) is 5.02 Å². The van der Waals surface area contributed by atoms with Crippen LogP contribution in [0.5, 0.6) is 0 Å². The molecule has 1 aromatic rings. The van der Waals surface area contributed by atoms with E-state index in [1.54, 1.807) is 25.0 Å². The number of aromatic nitrogens is 2. The molecule has 1 N–H and O–H groups in total. The molecule has 0 aliphatic rings. The van der Waals surface area contributed by atoms with E-state index in [1.807, 2.05) is 14.1 Å². The highest BCUT2D eigenvalue weighted by Crippen LogP contribution is 2.24. The van der Waals surface area contributed by atoms with Gasteiger partial charge in [-0.2, -0.15) is 0 Å². The molecule has 0 saturated carbocycles. The molecule has 0 unspecified atom stereocenters. The lowest BCUT2D eigenvalue weighted by atomic mass is 10.6. The molecule has 0 aliphatic heterocycles. The third-order valence-electron chi connectivity index (χ3n) is 1.71. The monoisotopic (exact) mass is 246 g/mol. The van der Waals surface area contributed by atoms with Crippen LogP contribution < -0.4 is 5.32 Å². The zero-order chi connectivity index (χ0) is 11.3. The lowest BCUT2D eigenvalue weighted by Gasteiger charge is -2.09. The molecule has 0 amide bonds. The van der Waals surface area contributed by atoms with Crippen LogP contribution in [0.4, 0.5) is 5.95 Å². The van der Waals surface area contributed by atoms with E-state index < -0.39 is 0 Å². The van der Waals surface area contributed by atoms with Gasteiger partial charge in [-0.3, -0.25) is 0 Å². The van der Waals surface area contributed by atoms with Crippen molar-refractivity contribution in [2.24, 2.45) is 0 Å². The van der Waals surface area contributed by atoms with Crippen LogP contribution in [0.3, 0.4) is 0 Å². The van der Waals surface area contributed by atoms with Crippen LogP contribution in [0.25, 0.3) is 0 Å². The van der Waals surface area contributed by atoms with Crippen molar-refractivity contribution >= 4 is 29.3 Å². The Bertz CT molecular complexity index is 319. The van der Waals surface area contributed by atoms with Gasteiger partial charge in [0.05, 0.1) is 11.2 Å².